The molecule has 2 heteroatoms. The minimum atomic E-state index is 0.394. The smallest absolute Gasteiger partial charge is 0.0726 e. The van der Waals surface area contributed by atoms with Gasteiger partial charge < -0.3 is 5.32 Å². The third-order valence-corrected chi connectivity index (χ3v) is 4.90. The highest BCUT2D eigenvalue weighted by Crippen LogP contribution is 2.61. The fourth-order valence-electron chi connectivity index (χ4n) is 5.24. The van der Waals surface area contributed by atoms with Crippen LogP contribution in [-0.4, -0.2) is 10.5 Å². The van der Waals surface area contributed by atoms with Gasteiger partial charge in [0.2, 0.25) is 0 Å². The van der Waals surface area contributed by atoms with Gasteiger partial charge in [0.1, 0.15) is 0 Å². The molecule has 4 atom stereocenters. The van der Waals surface area contributed by atoms with Crippen molar-refractivity contribution in [2.45, 2.75) is 57.9 Å². The second-order valence-corrected chi connectivity index (χ2v) is 7.35. The Morgan fingerprint density at radius 2 is 1.80 bits per heavy atom. The Bertz CT molecular complexity index is 296. The van der Waals surface area contributed by atoms with Gasteiger partial charge in [-0.05, 0) is 62.7 Å². The van der Waals surface area contributed by atoms with E-state index in [1.54, 1.807) is 0 Å². The lowest BCUT2D eigenvalue weighted by Crippen LogP contribution is -2.62. The van der Waals surface area contributed by atoms with Crippen molar-refractivity contribution in [3.8, 4) is 0 Å². The van der Waals surface area contributed by atoms with Gasteiger partial charge in [-0.15, -0.1) is 0 Å². The zero-order chi connectivity index (χ0) is 10.7. The van der Waals surface area contributed by atoms with Crippen LogP contribution in [0.3, 0.4) is 0 Å². The molecule has 0 heterocycles. The molecule has 0 aliphatic heterocycles. The summed E-state index contributed by atoms with van der Waals surface area (Å²) >= 11 is 5.26. The van der Waals surface area contributed by atoms with Crippen molar-refractivity contribution < 1.29 is 0 Å². The van der Waals surface area contributed by atoms with Gasteiger partial charge in [0, 0.05) is 5.54 Å². The first-order valence-corrected chi connectivity index (χ1v) is 6.68. The molecule has 0 aromatic rings. The van der Waals surface area contributed by atoms with Crippen LogP contribution in [0, 0.1) is 17.3 Å². The monoisotopic (exact) mass is 223 g/mol. The Morgan fingerprint density at radius 3 is 2.27 bits per heavy atom. The third kappa shape index (κ3) is 1.61. The Kier molecular flexibility index (Phi) is 1.99. The second-order valence-electron chi connectivity index (χ2n) is 6.73. The van der Waals surface area contributed by atoms with Crippen molar-refractivity contribution in [1.29, 1.82) is 0 Å². The molecule has 1 N–H and O–H groups in total. The Balaban J connectivity index is 1.89. The van der Waals surface area contributed by atoms with Crippen LogP contribution in [0.2, 0.25) is 0 Å². The summed E-state index contributed by atoms with van der Waals surface area (Å²) in [6.07, 6.45) is 8.57. The largest absolute Gasteiger partial charge is 0.374 e. The maximum Gasteiger partial charge on any atom is 0.0726 e. The van der Waals surface area contributed by atoms with E-state index in [0.717, 1.165) is 16.8 Å². The van der Waals surface area contributed by atoms with Crippen LogP contribution in [0.5, 0.6) is 0 Å². The van der Waals surface area contributed by atoms with Crippen LogP contribution < -0.4 is 5.32 Å². The summed E-state index contributed by atoms with van der Waals surface area (Å²) in [6.45, 7) is 4.54. The lowest BCUT2D eigenvalue weighted by molar-refractivity contribution is -0.0644. The van der Waals surface area contributed by atoms with Gasteiger partial charge >= 0.3 is 0 Å². The van der Waals surface area contributed by atoms with Crippen LogP contribution in [0.15, 0.2) is 0 Å². The Labute approximate surface area is 98.0 Å². The molecule has 0 radical (unpaired) electrons. The summed E-state index contributed by atoms with van der Waals surface area (Å²) in [7, 11) is 0. The number of hydrogen-bond acceptors (Lipinski definition) is 1. The fourth-order valence-corrected chi connectivity index (χ4v) is 5.46. The lowest BCUT2D eigenvalue weighted by Gasteiger charge is -2.61. The van der Waals surface area contributed by atoms with Crippen molar-refractivity contribution in [3.63, 3.8) is 0 Å². The number of rotatable bonds is 1. The van der Waals surface area contributed by atoms with E-state index in [9.17, 15) is 0 Å². The highest BCUT2D eigenvalue weighted by atomic mass is 32.1. The number of hydrogen-bond donors (Lipinski definition) is 1. The molecule has 2 unspecified atom stereocenters. The molecule has 4 saturated carbocycles. The first-order valence-electron chi connectivity index (χ1n) is 6.27. The van der Waals surface area contributed by atoms with Crippen molar-refractivity contribution in [1.82, 2.24) is 5.32 Å². The second kappa shape index (κ2) is 2.97. The van der Waals surface area contributed by atoms with Gasteiger partial charge in [-0.2, -0.15) is 0 Å². The summed E-state index contributed by atoms with van der Waals surface area (Å²) in [5, 5.41) is 3.64. The Morgan fingerprint density at radius 1 is 1.20 bits per heavy atom. The maximum atomic E-state index is 5.26. The predicted octanol–water partition coefficient (Wildman–Crippen LogP) is 3.28. The molecule has 0 aromatic carbocycles. The highest BCUT2D eigenvalue weighted by molar-refractivity contribution is 7.80. The van der Waals surface area contributed by atoms with Crippen LogP contribution in [0.4, 0.5) is 0 Å². The minimum Gasteiger partial charge on any atom is -0.374 e. The molecule has 0 saturated heterocycles. The van der Waals surface area contributed by atoms with E-state index >= 15 is 0 Å². The van der Waals surface area contributed by atoms with Crippen molar-refractivity contribution in [3.05, 3.63) is 0 Å². The summed E-state index contributed by atoms with van der Waals surface area (Å²) in [4.78, 5) is 1.00. The van der Waals surface area contributed by atoms with Gasteiger partial charge in [-0.1, -0.05) is 19.1 Å². The average molecular weight is 223 g/mol. The molecule has 4 bridgehead atoms. The predicted molar refractivity (Wildman–Crippen MR) is 66.9 cm³/mol. The average Bonchev–Trinajstić information content (AvgIpc) is 1.94. The standard InChI is InChI=1S/C13H21NS/c1-9(15)14-13-6-10-3-11(7-13)5-12(2,4-10)8-13/h10-11H,3-8H2,1-2H3,(H,14,15)/t10-,11+,12?,13?. The zero-order valence-corrected chi connectivity index (χ0v) is 10.6. The van der Waals surface area contributed by atoms with E-state index in [2.05, 4.69) is 12.2 Å². The minimum absolute atomic E-state index is 0.394. The molecular formula is C13H21NS. The molecule has 0 amide bonds. The first kappa shape index (κ1) is 10.1. The summed E-state index contributed by atoms with van der Waals surface area (Å²) in [5.41, 5.74) is 1.02. The summed E-state index contributed by atoms with van der Waals surface area (Å²) < 4.78 is 0. The molecule has 4 rings (SSSR count). The van der Waals surface area contributed by atoms with E-state index in [4.69, 9.17) is 12.2 Å². The molecule has 0 spiro atoms. The van der Waals surface area contributed by atoms with Gasteiger partial charge in [0.25, 0.3) is 0 Å². The van der Waals surface area contributed by atoms with Crippen LogP contribution in [0.25, 0.3) is 0 Å². The molecular weight excluding hydrogens is 202 g/mol. The van der Waals surface area contributed by atoms with E-state index in [1.165, 1.54) is 38.5 Å². The SMILES string of the molecule is CC(=S)NC12C[C@@H]3C[C@@H](CC(C)(C3)C1)C2. The van der Waals surface area contributed by atoms with Crippen molar-refractivity contribution in [2.24, 2.45) is 17.3 Å². The molecule has 0 aromatic heterocycles. The summed E-state index contributed by atoms with van der Waals surface area (Å²) in [6, 6.07) is 0. The molecule has 4 fully saturated rings. The molecule has 15 heavy (non-hydrogen) atoms. The van der Waals surface area contributed by atoms with E-state index in [-0.39, 0.29) is 0 Å². The molecule has 84 valence electrons. The third-order valence-electron chi connectivity index (χ3n) is 4.79. The molecule has 1 nitrogen and oxygen atoms in total. The van der Waals surface area contributed by atoms with E-state index < -0.39 is 0 Å². The van der Waals surface area contributed by atoms with Gasteiger partial charge in [-0.3, -0.25) is 0 Å². The van der Waals surface area contributed by atoms with Crippen molar-refractivity contribution >= 4 is 17.2 Å². The fraction of sp³-hybridized carbons (Fsp3) is 0.923. The van der Waals surface area contributed by atoms with Crippen LogP contribution in [-0.2, 0) is 0 Å². The molecule has 4 aliphatic rings. The van der Waals surface area contributed by atoms with Crippen LogP contribution >= 0.6 is 12.2 Å². The zero-order valence-electron chi connectivity index (χ0n) is 9.81. The normalized spacial score (nSPS) is 51.9. The quantitative estimate of drug-likeness (QED) is 0.685. The topological polar surface area (TPSA) is 12.0 Å². The van der Waals surface area contributed by atoms with Gasteiger partial charge in [-0.25, -0.2) is 0 Å². The van der Waals surface area contributed by atoms with Crippen LogP contribution in [0.1, 0.15) is 52.4 Å². The maximum absolute atomic E-state index is 5.26. The summed E-state index contributed by atoms with van der Waals surface area (Å²) in [5.74, 6) is 1.97. The highest BCUT2D eigenvalue weighted by Gasteiger charge is 2.55. The lowest BCUT2D eigenvalue weighted by atomic mass is 9.47. The number of thiocarbonyl (C=S) groups is 1. The molecule has 4 aliphatic carbocycles. The van der Waals surface area contributed by atoms with E-state index in [1.807, 2.05) is 6.92 Å². The van der Waals surface area contributed by atoms with E-state index in [0.29, 0.717) is 11.0 Å². The van der Waals surface area contributed by atoms with Crippen molar-refractivity contribution in [2.75, 3.05) is 0 Å². The first-order chi connectivity index (χ1) is 6.99. The van der Waals surface area contributed by atoms with Gasteiger partial charge in [0.15, 0.2) is 0 Å². The van der Waals surface area contributed by atoms with Gasteiger partial charge in [0.05, 0.1) is 4.99 Å². The number of nitrogens with one attached hydrogen (secondary N) is 1. The Hall–Kier alpha value is -0.110.